The van der Waals surface area contributed by atoms with Gasteiger partial charge < -0.3 is 10.0 Å². The zero-order chi connectivity index (χ0) is 11.8. The van der Waals surface area contributed by atoms with Gasteiger partial charge in [0, 0.05) is 20.0 Å². The van der Waals surface area contributed by atoms with E-state index in [1.807, 2.05) is 0 Å². The van der Waals surface area contributed by atoms with Gasteiger partial charge in [0.05, 0.1) is 6.61 Å². The van der Waals surface area contributed by atoms with E-state index in [4.69, 9.17) is 5.11 Å². The van der Waals surface area contributed by atoms with Crippen LogP contribution in [0.3, 0.4) is 0 Å². The molecule has 0 unspecified atom stereocenters. The minimum atomic E-state index is 0.0604. The summed E-state index contributed by atoms with van der Waals surface area (Å²) < 4.78 is 0. The van der Waals surface area contributed by atoms with Gasteiger partial charge >= 0.3 is 0 Å². The summed E-state index contributed by atoms with van der Waals surface area (Å²) >= 11 is 0. The number of likely N-dealkylation sites (N-methyl/N-ethyl adjacent to an activating group) is 1. The summed E-state index contributed by atoms with van der Waals surface area (Å²) in [5, 5.41) is 8.72. The van der Waals surface area contributed by atoms with Gasteiger partial charge in [-0.3, -0.25) is 4.79 Å². The molecule has 1 N–H and O–H groups in total. The second-order valence-corrected chi connectivity index (χ2v) is 4.94. The average molecular weight is 227 g/mol. The number of aliphatic hydroxyl groups is 1. The molecule has 1 fully saturated rings. The number of amides is 1. The third-order valence-corrected chi connectivity index (χ3v) is 3.59. The van der Waals surface area contributed by atoms with Gasteiger partial charge in [-0.05, 0) is 18.8 Å². The fraction of sp³-hybridized carbons (Fsp3) is 0.923. The van der Waals surface area contributed by atoms with Crippen LogP contribution in [0.25, 0.3) is 0 Å². The van der Waals surface area contributed by atoms with Crippen LogP contribution in [0.4, 0.5) is 0 Å². The number of rotatable bonds is 6. The lowest BCUT2D eigenvalue weighted by molar-refractivity contribution is -0.130. The zero-order valence-electron chi connectivity index (χ0n) is 10.5. The van der Waals surface area contributed by atoms with Crippen molar-refractivity contribution in [2.75, 3.05) is 20.2 Å². The van der Waals surface area contributed by atoms with Crippen LogP contribution in [0.5, 0.6) is 0 Å². The Morgan fingerprint density at radius 2 is 2.00 bits per heavy atom. The first kappa shape index (κ1) is 13.5. The van der Waals surface area contributed by atoms with Crippen molar-refractivity contribution >= 4 is 5.91 Å². The minimum absolute atomic E-state index is 0.0604. The molecule has 0 spiro atoms. The number of hydrogen-bond donors (Lipinski definition) is 1. The molecule has 0 bridgehead atoms. The van der Waals surface area contributed by atoms with Crippen LogP contribution in [0.1, 0.15) is 51.4 Å². The molecule has 1 amide bonds. The average Bonchev–Trinajstić information content (AvgIpc) is 2.30. The van der Waals surface area contributed by atoms with E-state index >= 15 is 0 Å². The standard InChI is InChI=1S/C13H25NO2/c1-14(10-11-15)13(16)9-5-8-12-6-3-2-4-7-12/h12,15H,2-11H2,1H3. The van der Waals surface area contributed by atoms with Crippen LogP contribution < -0.4 is 0 Å². The van der Waals surface area contributed by atoms with Crippen LogP contribution in [-0.2, 0) is 4.79 Å². The molecule has 3 nitrogen and oxygen atoms in total. The second kappa shape index (κ2) is 7.66. The lowest BCUT2D eigenvalue weighted by Crippen LogP contribution is -2.29. The van der Waals surface area contributed by atoms with Crippen molar-refractivity contribution in [2.24, 2.45) is 5.92 Å². The highest BCUT2D eigenvalue weighted by Crippen LogP contribution is 2.27. The van der Waals surface area contributed by atoms with Crippen molar-refractivity contribution < 1.29 is 9.90 Å². The minimum Gasteiger partial charge on any atom is -0.395 e. The summed E-state index contributed by atoms with van der Waals surface area (Å²) in [6.45, 7) is 0.521. The molecule has 16 heavy (non-hydrogen) atoms. The van der Waals surface area contributed by atoms with Crippen LogP contribution in [-0.4, -0.2) is 36.1 Å². The maximum absolute atomic E-state index is 11.6. The van der Waals surface area contributed by atoms with Gasteiger partial charge in [0.25, 0.3) is 0 Å². The summed E-state index contributed by atoms with van der Waals surface area (Å²) in [4.78, 5) is 13.2. The lowest BCUT2D eigenvalue weighted by Gasteiger charge is -2.21. The quantitative estimate of drug-likeness (QED) is 0.755. The highest BCUT2D eigenvalue weighted by Gasteiger charge is 2.14. The molecule has 3 heteroatoms. The first-order valence-electron chi connectivity index (χ1n) is 6.59. The molecule has 0 aromatic rings. The van der Waals surface area contributed by atoms with Gasteiger partial charge in [-0.2, -0.15) is 0 Å². The molecule has 1 saturated carbocycles. The molecule has 1 rings (SSSR count). The molecule has 1 aliphatic rings. The first-order valence-corrected chi connectivity index (χ1v) is 6.59. The van der Waals surface area contributed by atoms with Crippen LogP contribution >= 0.6 is 0 Å². The summed E-state index contributed by atoms with van der Waals surface area (Å²) in [7, 11) is 1.76. The summed E-state index contributed by atoms with van der Waals surface area (Å²) in [6.07, 6.45) is 9.74. The van der Waals surface area contributed by atoms with Crippen molar-refractivity contribution in [3.05, 3.63) is 0 Å². The molecule has 1 aliphatic carbocycles. The van der Waals surface area contributed by atoms with Gasteiger partial charge in [-0.1, -0.05) is 32.1 Å². The molecule has 0 aromatic carbocycles. The normalized spacial score (nSPS) is 17.4. The molecule has 0 aliphatic heterocycles. The maximum Gasteiger partial charge on any atom is 0.222 e. The summed E-state index contributed by atoms with van der Waals surface area (Å²) in [5.41, 5.74) is 0. The van der Waals surface area contributed by atoms with Crippen molar-refractivity contribution in [3.63, 3.8) is 0 Å². The largest absolute Gasteiger partial charge is 0.395 e. The Morgan fingerprint density at radius 1 is 1.31 bits per heavy atom. The van der Waals surface area contributed by atoms with Crippen LogP contribution in [0.2, 0.25) is 0 Å². The van der Waals surface area contributed by atoms with Gasteiger partial charge in [0.15, 0.2) is 0 Å². The number of carbonyl (C=O) groups is 1. The van der Waals surface area contributed by atoms with E-state index in [2.05, 4.69) is 0 Å². The third-order valence-electron chi connectivity index (χ3n) is 3.59. The molecular weight excluding hydrogens is 202 g/mol. The molecule has 0 aromatic heterocycles. The number of nitrogens with zero attached hydrogens (tertiary/aromatic N) is 1. The number of hydrogen-bond acceptors (Lipinski definition) is 2. The monoisotopic (exact) mass is 227 g/mol. The van der Waals surface area contributed by atoms with Crippen molar-refractivity contribution in [3.8, 4) is 0 Å². The van der Waals surface area contributed by atoms with E-state index in [1.165, 1.54) is 38.5 Å². The van der Waals surface area contributed by atoms with Crippen LogP contribution in [0.15, 0.2) is 0 Å². The van der Waals surface area contributed by atoms with E-state index in [0.717, 1.165) is 12.3 Å². The molecule has 0 atom stereocenters. The summed E-state index contributed by atoms with van der Waals surface area (Å²) in [5.74, 6) is 1.04. The first-order chi connectivity index (χ1) is 7.74. The molecular formula is C13H25NO2. The second-order valence-electron chi connectivity index (χ2n) is 4.94. The molecule has 0 heterocycles. The predicted molar refractivity (Wildman–Crippen MR) is 65.1 cm³/mol. The Kier molecular flexibility index (Phi) is 6.46. The molecule has 94 valence electrons. The Morgan fingerprint density at radius 3 is 2.62 bits per heavy atom. The van der Waals surface area contributed by atoms with Crippen LogP contribution in [0, 0.1) is 5.92 Å². The maximum atomic E-state index is 11.6. The number of aliphatic hydroxyl groups excluding tert-OH is 1. The highest BCUT2D eigenvalue weighted by atomic mass is 16.3. The van der Waals surface area contributed by atoms with Gasteiger partial charge in [0.1, 0.15) is 0 Å². The van der Waals surface area contributed by atoms with Gasteiger partial charge in [-0.25, -0.2) is 0 Å². The fourth-order valence-electron chi connectivity index (χ4n) is 2.48. The Hall–Kier alpha value is -0.570. The van der Waals surface area contributed by atoms with E-state index in [1.54, 1.807) is 11.9 Å². The topological polar surface area (TPSA) is 40.5 Å². The highest BCUT2D eigenvalue weighted by molar-refractivity contribution is 5.75. The zero-order valence-corrected chi connectivity index (χ0v) is 10.5. The van der Waals surface area contributed by atoms with Crippen molar-refractivity contribution in [2.45, 2.75) is 51.4 Å². The Labute approximate surface area is 98.8 Å². The van der Waals surface area contributed by atoms with E-state index in [9.17, 15) is 4.79 Å². The Bertz CT molecular complexity index is 200. The Balaban J connectivity index is 2.07. The third kappa shape index (κ3) is 4.97. The van der Waals surface area contributed by atoms with Gasteiger partial charge in [0.2, 0.25) is 5.91 Å². The fourth-order valence-corrected chi connectivity index (χ4v) is 2.48. The lowest BCUT2D eigenvalue weighted by atomic mass is 9.86. The van der Waals surface area contributed by atoms with E-state index in [0.29, 0.717) is 13.0 Å². The van der Waals surface area contributed by atoms with E-state index < -0.39 is 0 Å². The van der Waals surface area contributed by atoms with Crippen molar-refractivity contribution in [1.29, 1.82) is 0 Å². The van der Waals surface area contributed by atoms with Gasteiger partial charge in [-0.15, -0.1) is 0 Å². The van der Waals surface area contributed by atoms with E-state index in [-0.39, 0.29) is 12.5 Å². The van der Waals surface area contributed by atoms with Crippen molar-refractivity contribution in [1.82, 2.24) is 4.90 Å². The molecule has 0 radical (unpaired) electrons. The smallest absolute Gasteiger partial charge is 0.222 e. The molecule has 0 saturated heterocycles. The number of carbonyl (C=O) groups excluding carboxylic acids is 1. The predicted octanol–water partition coefficient (Wildman–Crippen LogP) is 2.19. The summed E-state index contributed by atoms with van der Waals surface area (Å²) in [6, 6.07) is 0. The SMILES string of the molecule is CN(CCO)C(=O)CCCC1CCCCC1.